The molecule has 1 heteroatoms. The number of rotatable bonds is 2. The molecule has 0 heterocycles. The molecule has 0 amide bonds. The molecule has 0 unspecified atom stereocenters. The second kappa shape index (κ2) is 4.13. The molecule has 41 valence electrons. The quantitative estimate of drug-likeness (QED) is 0.519. The Labute approximate surface area is 51.0 Å². The molecule has 0 aliphatic rings. The van der Waals surface area contributed by atoms with Crippen molar-refractivity contribution in [3.63, 3.8) is 0 Å². The minimum atomic E-state index is 1.08. The Balaban J connectivity index is 3.17. The summed E-state index contributed by atoms with van der Waals surface area (Å²) in [6.07, 6.45) is 4.23. The molecule has 0 atom stereocenters. The topological polar surface area (TPSA) is 0 Å². The molecule has 0 nitrogen and oxygen atoms in total. The lowest BCUT2D eigenvalue weighted by Gasteiger charge is -1.88. The van der Waals surface area contributed by atoms with Crippen molar-refractivity contribution in [2.45, 2.75) is 26.7 Å². The van der Waals surface area contributed by atoms with Crippen molar-refractivity contribution in [1.29, 1.82) is 0 Å². The largest absolute Gasteiger partial charge is 0.0853 e. The first-order valence-corrected chi connectivity index (χ1v) is 3.04. The van der Waals surface area contributed by atoms with Crippen LogP contribution in [0.3, 0.4) is 0 Å². The molecule has 0 saturated heterocycles. The molecule has 0 aliphatic heterocycles. The Morgan fingerprint density at radius 3 is 2.43 bits per heavy atom. The highest BCUT2D eigenvalue weighted by molar-refractivity contribution is 7.84. The molecule has 0 aromatic rings. The third-order valence-electron chi connectivity index (χ3n) is 0.818. The Kier molecular flexibility index (Phi) is 4.10. The van der Waals surface area contributed by atoms with Crippen molar-refractivity contribution in [3.8, 4) is 0 Å². The van der Waals surface area contributed by atoms with E-state index in [0.717, 1.165) is 11.3 Å². The smallest absolute Gasteiger partial charge is 0.0109 e. The molecular weight excluding hydrogens is 104 g/mol. The average Bonchev–Trinajstić information content (AvgIpc) is 1.68. The molecule has 0 saturated carbocycles. The number of hydrogen-bond donors (Lipinski definition) is 0. The van der Waals surface area contributed by atoms with Crippen molar-refractivity contribution < 1.29 is 0 Å². The van der Waals surface area contributed by atoms with Crippen LogP contribution in [0.2, 0.25) is 0 Å². The van der Waals surface area contributed by atoms with Gasteiger partial charge in [0.05, 0.1) is 0 Å². The molecule has 0 spiro atoms. The maximum absolute atomic E-state index is 4.90. The van der Waals surface area contributed by atoms with Crippen LogP contribution in [0.15, 0.2) is 11.0 Å². The van der Waals surface area contributed by atoms with E-state index in [1.165, 1.54) is 6.42 Å². The summed E-state index contributed by atoms with van der Waals surface area (Å²) in [6, 6.07) is 0. The maximum Gasteiger partial charge on any atom is 0.0109 e. The van der Waals surface area contributed by atoms with E-state index in [1.807, 2.05) is 13.0 Å². The fourth-order valence-corrected chi connectivity index (χ4v) is 0.595. The van der Waals surface area contributed by atoms with Gasteiger partial charge in [0.2, 0.25) is 0 Å². The normalized spacial score (nSPS) is 12.0. The van der Waals surface area contributed by atoms with Gasteiger partial charge in [0.25, 0.3) is 0 Å². The minimum Gasteiger partial charge on any atom is -0.0853 e. The van der Waals surface area contributed by atoms with E-state index in [-0.39, 0.29) is 0 Å². The van der Waals surface area contributed by atoms with Gasteiger partial charge in [-0.05, 0) is 13.3 Å². The summed E-state index contributed by atoms with van der Waals surface area (Å²) in [4.78, 5) is 1.09. The zero-order chi connectivity index (χ0) is 5.70. The van der Waals surface area contributed by atoms with Gasteiger partial charge in [-0.15, -0.1) is 0 Å². The van der Waals surface area contributed by atoms with Gasteiger partial charge in [0.15, 0.2) is 0 Å². The predicted molar refractivity (Wildman–Crippen MR) is 36.3 cm³/mol. The van der Waals surface area contributed by atoms with Crippen molar-refractivity contribution in [2.24, 2.45) is 0 Å². The van der Waals surface area contributed by atoms with Crippen molar-refractivity contribution in [3.05, 3.63) is 11.0 Å². The fraction of sp³-hybridized carbons (Fsp3) is 0.667. The van der Waals surface area contributed by atoms with Gasteiger partial charge in [-0.1, -0.05) is 32.0 Å². The molecule has 0 N–H and O–H groups in total. The van der Waals surface area contributed by atoms with Crippen LogP contribution in [-0.4, -0.2) is 0 Å². The first-order valence-electron chi connectivity index (χ1n) is 2.63. The average molecular weight is 115 g/mol. The van der Waals surface area contributed by atoms with Crippen molar-refractivity contribution in [2.75, 3.05) is 0 Å². The van der Waals surface area contributed by atoms with Gasteiger partial charge in [-0.25, -0.2) is 0 Å². The summed E-state index contributed by atoms with van der Waals surface area (Å²) in [5, 5.41) is 0. The van der Waals surface area contributed by atoms with Gasteiger partial charge in [-0.3, -0.25) is 0 Å². The van der Waals surface area contributed by atoms with E-state index < -0.39 is 0 Å². The summed E-state index contributed by atoms with van der Waals surface area (Å²) in [7, 11) is 0. The zero-order valence-electron chi connectivity index (χ0n) is 4.90. The van der Waals surface area contributed by atoms with E-state index in [0.29, 0.717) is 0 Å². The summed E-state index contributed by atoms with van der Waals surface area (Å²) < 4.78 is 0. The summed E-state index contributed by atoms with van der Waals surface area (Å²) >= 11 is 4.90. The van der Waals surface area contributed by atoms with E-state index >= 15 is 0 Å². The first-order chi connectivity index (χ1) is 3.31. The van der Waals surface area contributed by atoms with E-state index in [1.54, 1.807) is 0 Å². The molecule has 0 rings (SSSR count). The summed E-state index contributed by atoms with van der Waals surface area (Å²) in [5.74, 6) is 0. The van der Waals surface area contributed by atoms with E-state index in [9.17, 15) is 0 Å². The van der Waals surface area contributed by atoms with Crippen molar-refractivity contribution >= 4 is 12.6 Å². The van der Waals surface area contributed by atoms with Gasteiger partial charge >= 0.3 is 0 Å². The highest BCUT2D eigenvalue weighted by Gasteiger charge is 1.82. The lowest BCUT2D eigenvalue weighted by Crippen LogP contribution is -1.66. The molecule has 0 bridgehead atoms. The summed E-state index contributed by atoms with van der Waals surface area (Å²) in [6.45, 7) is 4.12. The van der Waals surface area contributed by atoms with Crippen LogP contribution in [0.25, 0.3) is 0 Å². The Hall–Kier alpha value is -0.0400. The third-order valence-corrected chi connectivity index (χ3v) is 1.26. The Bertz CT molecular complexity index is 64.6. The maximum atomic E-state index is 4.90. The first kappa shape index (κ1) is 6.96. The van der Waals surface area contributed by atoms with E-state index in [4.69, 9.17) is 12.6 Å². The van der Waals surface area contributed by atoms with Crippen LogP contribution in [-0.2, 0) is 0 Å². The SMILES string of the molecule is C/C=C(\[S])CCC. The number of allylic oxidation sites excluding steroid dienone is 2. The number of hydrogen-bond acceptors (Lipinski definition) is 0. The molecule has 0 fully saturated rings. The van der Waals surface area contributed by atoms with Gasteiger partial charge in [0.1, 0.15) is 0 Å². The molecular formula is C6H11S. The second-order valence-corrected chi connectivity index (χ2v) is 2.03. The molecule has 0 aromatic heterocycles. The Morgan fingerprint density at radius 1 is 1.71 bits per heavy atom. The highest BCUT2D eigenvalue weighted by Crippen LogP contribution is 2.06. The van der Waals surface area contributed by atoms with Crippen LogP contribution in [0, 0.1) is 0 Å². The predicted octanol–water partition coefficient (Wildman–Crippen LogP) is 2.89. The van der Waals surface area contributed by atoms with Crippen molar-refractivity contribution in [1.82, 2.24) is 0 Å². The second-order valence-electron chi connectivity index (χ2n) is 1.50. The van der Waals surface area contributed by atoms with Crippen LogP contribution >= 0.6 is 12.6 Å². The fourth-order valence-electron chi connectivity index (χ4n) is 0.391. The zero-order valence-corrected chi connectivity index (χ0v) is 5.72. The van der Waals surface area contributed by atoms with Crippen LogP contribution in [0.4, 0.5) is 0 Å². The third kappa shape index (κ3) is 3.80. The summed E-state index contributed by atoms with van der Waals surface area (Å²) in [5.41, 5.74) is 0. The van der Waals surface area contributed by atoms with Crippen LogP contribution in [0.5, 0.6) is 0 Å². The lowest BCUT2D eigenvalue weighted by molar-refractivity contribution is 0.947. The molecule has 0 aliphatic carbocycles. The standard InChI is InChI=1S/C6H11S/c1-3-5-6(7)4-2/h4H,3,5H2,1-2H3/b6-4-. The van der Waals surface area contributed by atoms with Gasteiger partial charge in [0, 0.05) is 4.91 Å². The molecule has 1 radical (unpaired) electrons. The molecule has 7 heavy (non-hydrogen) atoms. The lowest BCUT2D eigenvalue weighted by atomic mass is 10.3. The van der Waals surface area contributed by atoms with Crippen LogP contribution in [0.1, 0.15) is 26.7 Å². The van der Waals surface area contributed by atoms with Gasteiger partial charge < -0.3 is 0 Å². The minimum absolute atomic E-state index is 1.08. The molecule has 0 aromatic carbocycles. The Morgan fingerprint density at radius 2 is 2.29 bits per heavy atom. The highest BCUT2D eigenvalue weighted by atomic mass is 32.1. The monoisotopic (exact) mass is 115 g/mol. The van der Waals surface area contributed by atoms with Gasteiger partial charge in [-0.2, -0.15) is 0 Å². The van der Waals surface area contributed by atoms with Crippen LogP contribution < -0.4 is 0 Å². The van der Waals surface area contributed by atoms with E-state index in [2.05, 4.69) is 6.92 Å².